The van der Waals surface area contributed by atoms with Crippen LogP contribution in [0.4, 0.5) is 10.6 Å². The minimum absolute atomic E-state index is 0.0523. The quantitative estimate of drug-likeness (QED) is 0.772. The third-order valence-corrected chi connectivity index (χ3v) is 4.94. The van der Waals surface area contributed by atoms with Crippen LogP contribution in [0.5, 0.6) is 0 Å². The van der Waals surface area contributed by atoms with Crippen molar-refractivity contribution >= 4 is 11.9 Å². The van der Waals surface area contributed by atoms with Gasteiger partial charge in [0.2, 0.25) is 0 Å². The highest BCUT2D eigenvalue weighted by Crippen LogP contribution is 2.32. The molecule has 2 aromatic rings. The molecule has 1 amide bonds. The predicted octanol–water partition coefficient (Wildman–Crippen LogP) is 4.40. The van der Waals surface area contributed by atoms with E-state index in [0.29, 0.717) is 6.61 Å². The van der Waals surface area contributed by atoms with Gasteiger partial charge in [0.25, 0.3) is 0 Å². The van der Waals surface area contributed by atoms with E-state index in [1.807, 2.05) is 47.5 Å². The first-order valence-corrected chi connectivity index (χ1v) is 9.41. The van der Waals surface area contributed by atoms with Gasteiger partial charge >= 0.3 is 6.09 Å². The van der Waals surface area contributed by atoms with Crippen molar-refractivity contribution in [2.75, 3.05) is 24.5 Å². The molecule has 0 saturated carbocycles. The zero-order valence-corrected chi connectivity index (χ0v) is 15.6. The summed E-state index contributed by atoms with van der Waals surface area (Å²) in [6.45, 7) is 7.16. The molecule has 5 heteroatoms. The normalized spacial score (nSPS) is 16.5. The summed E-state index contributed by atoms with van der Waals surface area (Å²) >= 11 is 0. The Hall–Kier alpha value is -2.56. The van der Waals surface area contributed by atoms with Crippen molar-refractivity contribution in [2.24, 2.45) is 0 Å². The molecular weight excluding hydrogens is 326 g/mol. The first kappa shape index (κ1) is 18.2. The van der Waals surface area contributed by atoms with Gasteiger partial charge in [-0.25, -0.2) is 9.78 Å². The molecule has 1 aliphatic rings. The number of benzene rings is 1. The fraction of sp³-hybridized carbons (Fsp3) is 0.429. The molecule has 1 aromatic carbocycles. The lowest BCUT2D eigenvalue weighted by molar-refractivity contribution is 0.0920. The van der Waals surface area contributed by atoms with Crippen molar-refractivity contribution in [1.82, 2.24) is 9.88 Å². The van der Waals surface area contributed by atoms with Gasteiger partial charge < -0.3 is 14.5 Å². The van der Waals surface area contributed by atoms with E-state index in [0.717, 1.165) is 49.4 Å². The Labute approximate surface area is 155 Å². The lowest BCUT2D eigenvalue weighted by Crippen LogP contribution is -2.31. The van der Waals surface area contributed by atoms with E-state index in [2.05, 4.69) is 29.8 Å². The molecule has 0 unspecified atom stereocenters. The lowest BCUT2D eigenvalue weighted by Gasteiger charge is -2.25. The lowest BCUT2D eigenvalue weighted by atomic mass is 10.1. The number of nitrogens with zero attached hydrogens (tertiary/aromatic N) is 3. The van der Waals surface area contributed by atoms with E-state index < -0.39 is 0 Å². The SMILES string of the molecule is CCN(CC)c1ccc([C@@H]2CCCN2C(=O)OCc2ccccc2)cn1. The van der Waals surface area contributed by atoms with Gasteiger partial charge in [0, 0.05) is 25.8 Å². The van der Waals surface area contributed by atoms with Crippen LogP contribution in [0.3, 0.4) is 0 Å². The topological polar surface area (TPSA) is 45.7 Å². The Morgan fingerprint density at radius 2 is 1.96 bits per heavy atom. The second-order valence-corrected chi connectivity index (χ2v) is 6.51. The summed E-state index contributed by atoms with van der Waals surface area (Å²) in [4.78, 5) is 21.2. The van der Waals surface area contributed by atoms with Crippen molar-refractivity contribution in [3.8, 4) is 0 Å². The number of hydrogen-bond acceptors (Lipinski definition) is 4. The fourth-order valence-corrected chi connectivity index (χ4v) is 3.46. The Morgan fingerprint density at radius 1 is 1.19 bits per heavy atom. The number of hydrogen-bond donors (Lipinski definition) is 0. The van der Waals surface area contributed by atoms with Crippen LogP contribution >= 0.6 is 0 Å². The van der Waals surface area contributed by atoms with Crippen LogP contribution in [0.25, 0.3) is 0 Å². The summed E-state index contributed by atoms with van der Waals surface area (Å²) in [7, 11) is 0. The number of amides is 1. The Bertz CT molecular complexity index is 699. The highest BCUT2D eigenvalue weighted by atomic mass is 16.6. The molecule has 0 bridgehead atoms. The van der Waals surface area contributed by atoms with Gasteiger partial charge in [-0.2, -0.15) is 0 Å². The summed E-state index contributed by atoms with van der Waals surface area (Å²) < 4.78 is 5.52. The van der Waals surface area contributed by atoms with Gasteiger partial charge in [-0.3, -0.25) is 0 Å². The number of rotatable bonds is 6. The van der Waals surface area contributed by atoms with Gasteiger partial charge in [-0.05, 0) is 43.9 Å². The maximum atomic E-state index is 12.5. The number of pyridine rings is 1. The van der Waals surface area contributed by atoms with Crippen LogP contribution < -0.4 is 4.90 Å². The average Bonchev–Trinajstić information content (AvgIpc) is 3.18. The smallest absolute Gasteiger partial charge is 0.410 e. The third kappa shape index (κ3) is 4.15. The summed E-state index contributed by atoms with van der Waals surface area (Å²) in [5.74, 6) is 0.981. The summed E-state index contributed by atoms with van der Waals surface area (Å²) in [5, 5.41) is 0. The second kappa shape index (κ2) is 8.70. The maximum absolute atomic E-state index is 12.5. The Morgan fingerprint density at radius 3 is 2.62 bits per heavy atom. The first-order valence-electron chi connectivity index (χ1n) is 9.41. The standard InChI is InChI=1S/C21H27N3O2/c1-3-23(4-2)20-13-12-18(15-22-20)19-11-8-14-24(19)21(25)26-16-17-9-6-5-7-10-17/h5-7,9-10,12-13,15,19H,3-4,8,11,14,16H2,1-2H3/t19-/m0/s1. The van der Waals surface area contributed by atoms with Crippen molar-refractivity contribution in [3.05, 3.63) is 59.8 Å². The molecule has 5 nitrogen and oxygen atoms in total. The van der Waals surface area contributed by atoms with Crippen LogP contribution in [0, 0.1) is 0 Å². The van der Waals surface area contributed by atoms with Crippen molar-refractivity contribution in [3.63, 3.8) is 0 Å². The zero-order chi connectivity index (χ0) is 18.4. The molecule has 26 heavy (non-hydrogen) atoms. The van der Waals surface area contributed by atoms with Gasteiger partial charge in [0.05, 0.1) is 6.04 Å². The molecule has 3 rings (SSSR count). The van der Waals surface area contributed by atoms with Gasteiger partial charge in [0.15, 0.2) is 0 Å². The number of likely N-dealkylation sites (tertiary alicyclic amines) is 1. The van der Waals surface area contributed by atoms with E-state index in [-0.39, 0.29) is 12.1 Å². The molecule has 1 fully saturated rings. The molecule has 138 valence electrons. The molecule has 0 aliphatic carbocycles. The maximum Gasteiger partial charge on any atom is 0.410 e. The predicted molar refractivity (Wildman–Crippen MR) is 103 cm³/mol. The zero-order valence-electron chi connectivity index (χ0n) is 15.6. The molecule has 1 aromatic heterocycles. The summed E-state index contributed by atoms with van der Waals surface area (Å²) in [5.41, 5.74) is 2.08. The monoisotopic (exact) mass is 353 g/mol. The summed E-state index contributed by atoms with van der Waals surface area (Å²) in [6, 6.07) is 14.0. The Kier molecular flexibility index (Phi) is 6.10. The highest BCUT2D eigenvalue weighted by Gasteiger charge is 2.31. The van der Waals surface area contributed by atoms with Crippen molar-refractivity contribution in [2.45, 2.75) is 39.3 Å². The minimum Gasteiger partial charge on any atom is -0.445 e. The van der Waals surface area contributed by atoms with E-state index in [1.165, 1.54) is 0 Å². The van der Waals surface area contributed by atoms with Crippen LogP contribution in [-0.2, 0) is 11.3 Å². The van der Waals surface area contributed by atoms with Gasteiger partial charge in [-0.15, -0.1) is 0 Å². The number of ether oxygens (including phenoxy) is 1. The van der Waals surface area contributed by atoms with E-state index >= 15 is 0 Å². The van der Waals surface area contributed by atoms with Crippen LogP contribution in [0.1, 0.15) is 43.9 Å². The molecular formula is C21H27N3O2. The molecule has 1 atom stereocenters. The van der Waals surface area contributed by atoms with Gasteiger partial charge in [-0.1, -0.05) is 36.4 Å². The highest BCUT2D eigenvalue weighted by molar-refractivity contribution is 5.68. The largest absolute Gasteiger partial charge is 0.445 e. The van der Waals surface area contributed by atoms with Gasteiger partial charge in [0.1, 0.15) is 12.4 Å². The molecule has 1 aliphatic heterocycles. The fourth-order valence-electron chi connectivity index (χ4n) is 3.46. The number of aromatic nitrogens is 1. The van der Waals surface area contributed by atoms with Crippen molar-refractivity contribution in [1.29, 1.82) is 0 Å². The van der Waals surface area contributed by atoms with Crippen LogP contribution in [-0.4, -0.2) is 35.6 Å². The first-order chi connectivity index (χ1) is 12.7. The van der Waals surface area contributed by atoms with Crippen LogP contribution in [0.15, 0.2) is 48.7 Å². The third-order valence-electron chi connectivity index (χ3n) is 4.94. The molecule has 1 saturated heterocycles. The number of carbonyl (C=O) groups excluding carboxylic acids is 1. The number of anilines is 1. The molecule has 0 N–H and O–H groups in total. The van der Waals surface area contributed by atoms with Crippen molar-refractivity contribution < 1.29 is 9.53 Å². The minimum atomic E-state index is -0.246. The molecule has 2 heterocycles. The van der Waals surface area contributed by atoms with E-state index in [9.17, 15) is 4.79 Å². The molecule has 0 radical (unpaired) electrons. The average molecular weight is 353 g/mol. The summed E-state index contributed by atoms with van der Waals surface area (Å²) in [6.07, 6.45) is 3.60. The number of carbonyl (C=O) groups is 1. The second-order valence-electron chi connectivity index (χ2n) is 6.51. The molecule has 0 spiro atoms. The van der Waals surface area contributed by atoms with E-state index in [4.69, 9.17) is 4.74 Å². The Balaban J connectivity index is 1.64. The van der Waals surface area contributed by atoms with Crippen LogP contribution in [0.2, 0.25) is 0 Å². The van der Waals surface area contributed by atoms with E-state index in [1.54, 1.807) is 0 Å².